The molecule has 6 heteroatoms. The molecule has 0 aliphatic carbocycles. The molecule has 1 unspecified atom stereocenters. The van der Waals surface area contributed by atoms with Gasteiger partial charge in [-0.2, -0.15) is 0 Å². The number of benzene rings is 1. The molecule has 112 valence electrons. The molecule has 1 aromatic carbocycles. The highest BCUT2D eigenvalue weighted by Gasteiger charge is 2.25. The van der Waals surface area contributed by atoms with E-state index in [1.807, 2.05) is 6.92 Å². The summed E-state index contributed by atoms with van der Waals surface area (Å²) >= 11 is 1.37. The zero-order valence-corrected chi connectivity index (χ0v) is 13.0. The Hall–Kier alpha value is -1.95. The number of hydrogen-bond donors (Lipinski definition) is 1. The van der Waals surface area contributed by atoms with E-state index >= 15 is 0 Å². The Labute approximate surface area is 127 Å². The lowest BCUT2D eigenvalue weighted by Gasteiger charge is -2.18. The number of aromatic nitrogens is 1. The molecule has 21 heavy (non-hydrogen) atoms. The van der Waals surface area contributed by atoms with Crippen LogP contribution >= 0.6 is 11.3 Å². The van der Waals surface area contributed by atoms with Gasteiger partial charge in [0.05, 0.1) is 22.7 Å². The molecule has 0 fully saturated rings. The highest BCUT2D eigenvalue weighted by molar-refractivity contribution is 7.10. The maximum Gasteiger partial charge on any atom is 0.334 e. The molecule has 0 aliphatic rings. The molecule has 0 saturated heterocycles. The van der Waals surface area contributed by atoms with Crippen molar-refractivity contribution in [2.75, 3.05) is 11.9 Å². The molecule has 0 saturated carbocycles. The van der Waals surface area contributed by atoms with E-state index in [2.05, 4.69) is 10.3 Å². The van der Waals surface area contributed by atoms with Gasteiger partial charge >= 0.3 is 5.97 Å². The number of nitrogens with zero attached hydrogens (tertiary/aromatic N) is 1. The summed E-state index contributed by atoms with van der Waals surface area (Å²) in [5.41, 5.74) is 3.76. The largest absolute Gasteiger partial charge is 0.464 e. The van der Waals surface area contributed by atoms with Crippen LogP contribution in [0.1, 0.15) is 29.1 Å². The SMILES string of the molecule is CCOC(=O)C(Nc1cc(C)cc(F)c1)c1scnc1C. The van der Waals surface area contributed by atoms with Crippen molar-refractivity contribution in [2.24, 2.45) is 0 Å². The number of carbonyl (C=O) groups excluding carboxylic acids is 1. The summed E-state index contributed by atoms with van der Waals surface area (Å²) < 4.78 is 18.6. The van der Waals surface area contributed by atoms with Gasteiger partial charge in [-0.3, -0.25) is 0 Å². The predicted molar refractivity (Wildman–Crippen MR) is 81.0 cm³/mol. The van der Waals surface area contributed by atoms with Crippen molar-refractivity contribution in [1.29, 1.82) is 0 Å². The fourth-order valence-electron chi connectivity index (χ4n) is 2.03. The molecule has 1 N–H and O–H groups in total. The number of aryl methyl sites for hydroxylation is 2. The van der Waals surface area contributed by atoms with E-state index in [9.17, 15) is 9.18 Å². The zero-order chi connectivity index (χ0) is 15.4. The molecular formula is C15H17FN2O2S. The lowest BCUT2D eigenvalue weighted by Crippen LogP contribution is -2.23. The zero-order valence-electron chi connectivity index (χ0n) is 12.1. The molecule has 0 spiro atoms. The van der Waals surface area contributed by atoms with Crippen LogP contribution in [0, 0.1) is 19.7 Å². The van der Waals surface area contributed by atoms with Crippen molar-refractivity contribution in [3.8, 4) is 0 Å². The normalized spacial score (nSPS) is 12.0. The van der Waals surface area contributed by atoms with Crippen molar-refractivity contribution < 1.29 is 13.9 Å². The maximum atomic E-state index is 13.5. The quantitative estimate of drug-likeness (QED) is 0.857. The first-order valence-corrected chi connectivity index (χ1v) is 7.49. The first-order chi connectivity index (χ1) is 10.0. The Bertz CT molecular complexity index is 622. The topological polar surface area (TPSA) is 51.2 Å². The van der Waals surface area contributed by atoms with Crippen LogP contribution < -0.4 is 5.32 Å². The summed E-state index contributed by atoms with van der Waals surface area (Å²) in [6.07, 6.45) is 0. The summed E-state index contributed by atoms with van der Waals surface area (Å²) in [4.78, 5) is 17.1. The highest BCUT2D eigenvalue weighted by Crippen LogP contribution is 2.27. The van der Waals surface area contributed by atoms with Gasteiger partial charge < -0.3 is 10.1 Å². The maximum absolute atomic E-state index is 13.5. The number of rotatable bonds is 5. The van der Waals surface area contributed by atoms with Gasteiger partial charge in [-0.15, -0.1) is 11.3 Å². The number of ether oxygens (including phenoxy) is 1. The Morgan fingerprint density at radius 3 is 2.76 bits per heavy atom. The average Bonchev–Trinajstić information content (AvgIpc) is 2.81. The third-order valence-corrected chi connectivity index (χ3v) is 3.92. The lowest BCUT2D eigenvalue weighted by molar-refractivity contribution is -0.144. The van der Waals surface area contributed by atoms with Gasteiger partial charge in [0, 0.05) is 5.69 Å². The van der Waals surface area contributed by atoms with Crippen molar-refractivity contribution in [1.82, 2.24) is 4.98 Å². The minimum atomic E-state index is -0.682. The van der Waals surface area contributed by atoms with Crippen LogP contribution in [-0.4, -0.2) is 17.6 Å². The minimum Gasteiger partial charge on any atom is -0.464 e. The number of halogens is 1. The molecule has 1 heterocycles. The Balaban J connectivity index is 2.32. The third kappa shape index (κ3) is 3.78. The monoisotopic (exact) mass is 308 g/mol. The fourth-order valence-corrected chi connectivity index (χ4v) is 2.87. The van der Waals surface area contributed by atoms with E-state index in [1.54, 1.807) is 25.4 Å². The Morgan fingerprint density at radius 1 is 1.43 bits per heavy atom. The molecule has 2 rings (SSSR count). The fraction of sp³-hybridized carbons (Fsp3) is 0.333. The van der Waals surface area contributed by atoms with E-state index < -0.39 is 12.0 Å². The van der Waals surface area contributed by atoms with Gasteiger partial charge in [0.15, 0.2) is 6.04 Å². The van der Waals surface area contributed by atoms with E-state index in [-0.39, 0.29) is 12.4 Å². The second-order valence-electron chi connectivity index (χ2n) is 4.65. The van der Waals surface area contributed by atoms with Crippen molar-refractivity contribution in [3.05, 3.63) is 45.7 Å². The van der Waals surface area contributed by atoms with E-state index in [1.165, 1.54) is 23.5 Å². The molecule has 0 amide bonds. The van der Waals surface area contributed by atoms with Crippen molar-refractivity contribution in [2.45, 2.75) is 26.8 Å². The summed E-state index contributed by atoms with van der Waals surface area (Å²) in [5.74, 6) is -0.743. The van der Waals surface area contributed by atoms with E-state index in [0.29, 0.717) is 5.69 Å². The smallest absolute Gasteiger partial charge is 0.334 e. The summed E-state index contributed by atoms with van der Waals surface area (Å²) in [6.45, 7) is 5.67. The van der Waals surface area contributed by atoms with Crippen LogP contribution in [0.25, 0.3) is 0 Å². The van der Waals surface area contributed by atoms with E-state index in [0.717, 1.165) is 16.1 Å². The van der Waals surface area contributed by atoms with Crippen molar-refractivity contribution in [3.63, 3.8) is 0 Å². The molecule has 0 bridgehead atoms. The van der Waals surface area contributed by atoms with Crippen LogP contribution in [0.2, 0.25) is 0 Å². The van der Waals surface area contributed by atoms with Gasteiger partial charge in [0.25, 0.3) is 0 Å². The van der Waals surface area contributed by atoms with Gasteiger partial charge in [-0.05, 0) is 44.5 Å². The number of nitrogens with one attached hydrogen (secondary N) is 1. The predicted octanol–water partition coefficient (Wildman–Crippen LogP) is 3.62. The van der Waals surface area contributed by atoms with Gasteiger partial charge in [0.1, 0.15) is 5.82 Å². The highest BCUT2D eigenvalue weighted by atomic mass is 32.1. The number of anilines is 1. The number of thiazole rings is 1. The van der Waals surface area contributed by atoms with Crippen LogP contribution in [0.5, 0.6) is 0 Å². The molecule has 2 aromatic rings. The van der Waals surface area contributed by atoms with Gasteiger partial charge in [0.2, 0.25) is 0 Å². The van der Waals surface area contributed by atoms with Gasteiger partial charge in [-0.1, -0.05) is 0 Å². The third-order valence-electron chi connectivity index (χ3n) is 2.92. The molecule has 0 radical (unpaired) electrons. The summed E-state index contributed by atoms with van der Waals surface area (Å²) in [7, 11) is 0. The summed E-state index contributed by atoms with van der Waals surface area (Å²) in [5, 5.41) is 3.04. The van der Waals surface area contributed by atoms with Crippen LogP contribution in [0.15, 0.2) is 23.7 Å². The number of carbonyl (C=O) groups is 1. The van der Waals surface area contributed by atoms with Crippen LogP contribution in [0.3, 0.4) is 0 Å². The summed E-state index contributed by atoms with van der Waals surface area (Å²) in [6, 6.07) is 3.89. The molecule has 1 aromatic heterocycles. The second kappa shape index (κ2) is 6.67. The minimum absolute atomic E-state index is 0.289. The molecule has 1 atom stereocenters. The Morgan fingerprint density at radius 2 is 2.19 bits per heavy atom. The molecule has 4 nitrogen and oxygen atoms in total. The first-order valence-electron chi connectivity index (χ1n) is 6.61. The first kappa shape index (κ1) is 15.4. The van der Waals surface area contributed by atoms with Crippen LogP contribution in [0.4, 0.5) is 10.1 Å². The number of esters is 1. The van der Waals surface area contributed by atoms with E-state index in [4.69, 9.17) is 4.74 Å². The van der Waals surface area contributed by atoms with Crippen LogP contribution in [-0.2, 0) is 9.53 Å². The van der Waals surface area contributed by atoms with Gasteiger partial charge in [-0.25, -0.2) is 14.2 Å². The second-order valence-corrected chi connectivity index (χ2v) is 5.54. The molecule has 0 aliphatic heterocycles. The molecular weight excluding hydrogens is 291 g/mol. The average molecular weight is 308 g/mol. The van der Waals surface area contributed by atoms with Crippen molar-refractivity contribution >= 4 is 23.0 Å². The number of hydrogen-bond acceptors (Lipinski definition) is 5. The lowest BCUT2D eigenvalue weighted by atomic mass is 10.1. The standard InChI is InChI=1S/C15H17FN2O2S/c1-4-20-15(19)13(14-10(3)17-8-21-14)18-12-6-9(2)5-11(16)7-12/h5-8,13,18H,4H2,1-3H3. The Kier molecular flexibility index (Phi) is 4.90.